The first kappa shape index (κ1) is 24.8. The highest BCUT2D eigenvalue weighted by Crippen LogP contribution is 2.54. The Balaban J connectivity index is 1.51. The van der Waals surface area contributed by atoms with E-state index < -0.39 is 23.3 Å². The lowest BCUT2D eigenvalue weighted by molar-refractivity contribution is -0.501. The van der Waals surface area contributed by atoms with E-state index in [1.54, 1.807) is 6.92 Å². The van der Waals surface area contributed by atoms with Gasteiger partial charge in [-0.05, 0) is 35.6 Å². The molecule has 36 heavy (non-hydrogen) atoms. The predicted molar refractivity (Wildman–Crippen MR) is 136 cm³/mol. The van der Waals surface area contributed by atoms with E-state index in [1.165, 1.54) is 0 Å². The van der Waals surface area contributed by atoms with E-state index in [9.17, 15) is 9.59 Å². The van der Waals surface area contributed by atoms with Gasteiger partial charge in [-0.25, -0.2) is 5.84 Å². The van der Waals surface area contributed by atoms with Gasteiger partial charge in [0, 0.05) is 11.1 Å². The van der Waals surface area contributed by atoms with E-state index in [0.717, 1.165) is 27.0 Å². The van der Waals surface area contributed by atoms with Gasteiger partial charge >= 0.3 is 17.7 Å². The summed E-state index contributed by atoms with van der Waals surface area (Å²) in [6.07, 6.45) is 0.581. The monoisotopic (exact) mass is 484 g/mol. The van der Waals surface area contributed by atoms with Crippen LogP contribution in [-0.4, -0.2) is 34.6 Å². The van der Waals surface area contributed by atoms with E-state index in [4.69, 9.17) is 16.0 Å². The van der Waals surface area contributed by atoms with Crippen LogP contribution in [0.2, 0.25) is 0 Å². The summed E-state index contributed by atoms with van der Waals surface area (Å²) in [5.74, 6) is 3.98. The van der Waals surface area contributed by atoms with E-state index >= 15 is 0 Å². The van der Waals surface area contributed by atoms with Gasteiger partial charge in [-0.1, -0.05) is 84.9 Å². The molecule has 1 aliphatic rings. The number of nitrogens with two attached hydrogens (primary N) is 1. The molecule has 3 aromatic rings. The zero-order valence-electron chi connectivity index (χ0n) is 20.2. The van der Waals surface area contributed by atoms with Crippen LogP contribution in [0.1, 0.15) is 36.8 Å². The molecule has 0 heterocycles. The lowest BCUT2D eigenvalue weighted by Crippen LogP contribution is -2.46. The summed E-state index contributed by atoms with van der Waals surface area (Å²) in [6, 6.07) is 27.5. The van der Waals surface area contributed by atoms with Crippen molar-refractivity contribution in [1.82, 2.24) is 5.32 Å². The summed E-state index contributed by atoms with van der Waals surface area (Å²) in [4.78, 5) is 25.5. The van der Waals surface area contributed by atoms with Crippen LogP contribution in [0.15, 0.2) is 90.2 Å². The van der Waals surface area contributed by atoms with Crippen LogP contribution in [0, 0.1) is 5.41 Å². The topological polar surface area (TPSA) is 121 Å². The van der Waals surface area contributed by atoms with Crippen LogP contribution in [0.25, 0.3) is 11.1 Å². The van der Waals surface area contributed by atoms with Crippen LogP contribution < -0.4 is 11.2 Å². The van der Waals surface area contributed by atoms with Gasteiger partial charge in [0.05, 0.1) is 18.6 Å². The van der Waals surface area contributed by atoms with Crippen molar-refractivity contribution in [3.63, 3.8) is 0 Å². The summed E-state index contributed by atoms with van der Waals surface area (Å²) in [5.41, 5.74) is 3.23. The lowest BCUT2D eigenvalue weighted by Gasteiger charge is -2.19. The van der Waals surface area contributed by atoms with E-state index in [1.807, 2.05) is 84.9 Å². The van der Waals surface area contributed by atoms with Crippen molar-refractivity contribution in [3.8, 4) is 11.1 Å². The zero-order valence-corrected chi connectivity index (χ0v) is 20.2. The summed E-state index contributed by atoms with van der Waals surface area (Å²) in [5, 5.41) is 14.9. The number of carbonyl (C=O) groups is 2. The molecule has 4 N–H and O–H groups in total. The van der Waals surface area contributed by atoms with Crippen molar-refractivity contribution in [3.05, 3.63) is 96.1 Å². The number of esters is 1. The molecule has 1 saturated carbocycles. The number of rotatable bonds is 8. The van der Waals surface area contributed by atoms with Crippen molar-refractivity contribution >= 4 is 17.7 Å². The third-order valence-corrected chi connectivity index (χ3v) is 6.41. The third kappa shape index (κ3) is 5.66. The second-order valence-corrected chi connectivity index (χ2v) is 8.84. The third-order valence-electron chi connectivity index (χ3n) is 6.41. The molecule has 184 valence electrons. The molecule has 0 saturated heterocycles. The van der Waals surface area contributed by atoms with Gasteiger partial charge in [0.2, 0.25) is 0 Å². The minimum atomic E-state index is -0.836. The molecule has 0 spiro atoms. The number of benzene rings is 3. The maximum absolute atomic E-state index is 13.1. The number of hydrogen-bond acceptors (Lipinski definition) is 5. The molecule has 0 bridgehead atoms. The number of carbonyl (C=O) groups excluding carboxylic acids is 2. The number of nitrogens with one attached hydrogen (secondary N) is 2. The molecular weight excluding hydrogens is 454 g/mol. The molecule has 2 atom stereocenters. The summed E-state index contributed by atoms with van der Waals surface area (Å²) in [6.45, 7) is 2.18. The average Bonchev–Trinajstić information content (AvgIpc) is 3.60. The Morgan fingerprint density at radius 2 is 1.64 bits per heavy atom. The van der Waals surface area contributed by atoms with Crippen LogP contribution >= 0.6 is 0 Å². The Hall–Kier alpha value is -4.33. The van der Waals surface area contributed by atoms with Crippen molar-refractivity contribution < 1.29 is 19.0 Å². The number of amides is 1. The fraction of sp³-hybridized carbons (Fsp3) is 0.250. The number of hydrogen-bond donors (Lipinski definition) is 3. The fourth-order valence-corrected chi connectivity index (χ4v) is 4.46. The second-order valence-electron chi connectivity index (χ2n) is 8.84. The smallest absolute Gasteiger partial charge is 0.340 e. The second kappa shape index (κ2) is 10.9. The first-order chi connectivity index (χ1) is 17.5. The van der Waals surface area contributed by atoms with Crippen molar-refractivity contribution in [2.75, 3.05) is 6.61 Å². The molecule has 8 nitrogen and oxygen atoms in total. The SMILES string of the molecule is CCOC(=O)CC1(NC(=O)C(=N)[N+](Cc2ccccc2)=NN)CC1c1ccc(-c2ccccc2)cc1. The highest BCUT2D eigenvalue weighted by molar-refractivity contribution is 6.33. The van der Waals surface area contributed by atoms with Crippen molar-refractivity contribution in [2.45, 2.75) is 37.8 Å². The minimum absolute atomic E-state index is 0.0173. The number of nitrogens with zero attached hydrogens (tertiary/aromatic N) is 2. The van der Waals surface area contributed by atoms with Gasteiger partial charge in [0.25, 0.3) is 0 Å². The van der Waals surface area contributed by atoms with Gasteiger partial charge in [-0.2, -0.15) is 5.41 Å². The molecule has 0 aliphatic heterocycles. The van der Waals surface area contributed by atoms with Crippen LogP contribution in [0.3, 0.4) is 0 Å². The van der Waals surface area contributed by atoms with Gasteiger partial charge in [0.1, 0.15) is 6.54 Å². The molecule has 3 aromatic carbocycles. The molecular formula is C28H30N5O3+. The number of ether oxygens (including phenoxy) is 1. The van der Waals surface area contributed by atoms with Crippen molar-refractivity contribution in [2.24, 2.45) is 11.1 Å². The highest BCUT2D eigenvalue weighted by atomic mass is 16.5. The molecule has 1 aliphatic carbocycles. The van der Waals surface area contributed by atoms with Gasteiger partial charge in [0.15, 0.2) is 0 Å². The van der Waals surface area contributed by atoms with Gasteiger partial charge in [-0.3, -0.25) is 9.59 Å². The van der Waals surface area contributed by atoms with Crippen LogP contribution in [-0.2, 0) is 20.9 Å². The maximum Gasteiger partial charge on any atom is 0.340 e. The van der Waals surface area contributed by atoms with Crippen LogP contribution in [0.4, 0.5) is 0 Å². The molecule has 1 fully saturated rings. The fourth-order valence-electron chi connectivity index (χ4n) is 4.46. The molecule has 1 amide bonds. The predicted octanol–water partition coefficient (Wildman–Crippen LogP) is 4.16. The quantitative estimate of drug-likeness (QED) is 0.0845. The summed E-state index contributed by atoms with van der Waals surface area (Å²) in [7, 11) is 0. The largest absolute Gasteiger partial charge is 0.466 e. The van der Waals surface area contributed by atoms with E-state index in [-0.39, 0.29) is 25.5 Å². The van der Waals surface area contributed by atoms with Crippen LogP contribution in [0.5, 0.6) is 0 Å². The molecule has 2 unspecified atom stereocenters. The Morgan fingerprint density at radius 3 is 2.25 bits per heavy atom. The van der Waals surface area contributed by atoms with Gasteiger partial charge in [-0.15, -0.1) is 4.70 Å². The number of amidine groups is 1. The Morgan fingerprint density at radius 1 is 1.03 bits per heavy atom. The first-order valence-electron chi connectivity index (χ1n) is 11.9. The average molecular weight is 485 g/mol. The molecule has 4 rings (SSSR count). The normalized spacial score (nSPS) is 18.8. The van der Waals surface area contributed by atoms with Crippen molar-refractivity contribution in [1.29, 1.82) is 5.41 Å². The lowest BCUT2D eigenvalue weighted by atomic mass is 9.99. The Bertz CT molecular complexity index is 1260. The summed E-state index contributed by atoms with van der Waals surface area (Å²) < 4.78 is 6.31. The molecule has 0 radical (unpaired) electrons. The van der Waals surface area contributed by atoms with Gasteiger partial charge < -0.3 is 10.1 Å². The van der Waals surface area contributed by atoms with E-state index in [2.05, 4.69) is 10.5 Å². The first-order valence-corrected chi connectivity index (χ1v) is 11.9. The Kier molecular flexibility index (Phi) is 7.53. The zero-order chi connectivity index (χ0) is 25.5. The Labute approximate surface area is 210 Å². The van der Waals surface area contributed by atoms with E-state index in [0.29, 0.717) is 6.42 Å². The molecule has 0 aromatic heterocycles. The molecule has 8 heteroatoms. The highest BCUT2D eigenvalue weighted by Gasteiger charge is 2.58. The maximum atomic E-state index is 13.1. The minimum Gasteiger partial charge on any atom is -0.466 e. The summed E-state index contributed by atoms with van der Waals surface area (Å²) >= 11 is 0. The standard InChI is InChI=1S/C28H29N5O3/c1-2-36-25(34)18-28(31-27(35)26(29)33(32-30)19-20-9-5-3-6-10-20)17-24(28)23-15-13-22(14-16-23)21-11-7-4-8-12-21/h3-16,24,29-30H,2,17-19H2,1H3,(H,31,35)/p+1.